The maximum Gasteiger partial charge on any atom is 0.348 e. The Bertz CT molecular complexity index is 1370. The molecule has 0 spiro atoms. The number of benzene rings is 2. The first-order chi connectivity index (χ1) is 17.8. The molecule has 0 saturated carbocycles. The van der Waals surface area contributed by atoms with E-state index in [1.54, 1.807) is 36.4 Å². The van der Waals surface area contributed by atoms with Crippen molar-refractivity contribution >= 4 is 35.2 Å². The molecule has 2 aliphatic heterocycles. The highest BCUT2D eigenvalue weighted by molar-refractivity contribution is 6.37. The Balaban J connectivity index is 2.32. The Morgan fingerprint density at radius 3 is 1.65 bits per heavy atom. The molecule has 2 atom stereocenters. The standard InChI is InChI=1S/C27H22O10/c1-33-22(29)18-17(15-11-7-5-8-12-15)21(28)26(16-13-9-6-10-14-16)19(23(30)34-2)20(24(31)35-3)27(18,37-26)25(32)36-4/h5-14H,1-4H3/t26-,27-/m0/s1. The second-order valence-electron chi connectivity index (χ2n) is 7.99. The monoisotopic (exact) mass is 506 g/mol. The molecule has 2 heterocycles. The highest BCUT2D eigenvalue weighted by Gasteiger charge is 2.74. The van der Waals surface area contributed by atoms with Crippen molar-refractivity contribution in [1.82, 2.24) is 0 Å². The van der Waals surface area contributed by atoms with E-state index in [-0.39, 0.29) is 16.7 Å². The predicted octanol–water partition coefficient (Wildman–Crippen LogP) is 1.68. The van der Waals surface area contributed by atoms with Crippen LogP contribution in [0.5, 0.6) is 0 Å². The van der Waals surface area contributed by atoms with Crippen LogP contribution in [0.15, 0.2) is 77.4 Å². The molecular formula is C27H22O10. The molecule has 4 rings (SSSR count). The average molecular weight is 506 g/mol. The third kappa shape index (κ3) is 3.40. The zero-order valence-corrected chi connectivity index (χ0v) is 20.4. The summed E-state index contributed by atoms with van der Waals surface area (Å²) in [5.74, 6) is -5.68. The number of ketones is 1. The zero-order chi connectivity index (χ0) is 27.0. The zero-order valence-electron chi connectivity index (χ0n) is 20.4. The lowest BCUT2D eigenvalue weighted by atomic mass is 9.76. The number of rotatable bonds is 6. The number of esters is 4. The van der Waals surface area contributed by atoms with Gasteiger partial charge in [0.1, 0.15) is 0 Å². The first kappa shape index (κ1) is 25.5. The summed E-state index contributed by atoms with van der Waals surface area (Å²) in [7, 11) is 4.08. The van der Waals surface area contributed by atoms with Gasteiger partial charge in [-0.25, -0.2) is 19.2 Å². The molecule has 190 valence electrons. The van der Waals surface area contributed by atoms with Crippen LogP contribution in [0.1, 0.15) is 11.1 Å². The Labute approximate surface area is 211 Å². The van der Waals surface area contributed by atoms with E-state index in [0.29, 0.717) is 0 Å². The number of carbonyl (C=O) groups is 5. The van der Waals surface area contributed by atoms with Gasteiger partial charge in [0.15, 0.2) is 5.60 Å². The van der Waals surface area contributed by atoms with E-state index in [0.717, 1.165) is 28.4 Å². The Morgan fingerprint density at radius 1 is 0.649 bits per heavy atom. The minimum Gasteiger partial charge on any atom is -0.466 e. The summed E-state index contributed by atoms with van der Waals surface area (Å²) in [4.78, 5) is 68.2. The van der Waals surface area contributed by atoms with E-state index >= 15 is 0 Å². The van der Waals surface area contributed by atoms with Gasteiger partial charge < -0.3 is 23.7 Å². The molecule has 0 radical (unpaired) electrons. The van der Waals surface area contributed by atoms with Gasteiger partial charge in [-0.05, 0) is 11.1 Å². The van der Waals surface area contributed by atoms with Crippen LogP contribution in [-0.4, -0.2) is 63.7 Å². The first-order valence-electron chi connectivity index (χ1n) is 10.9. The van der Waals surface area contributed by atoms with Gasteiger partial charge in [-0.2, -0.15) is 0 Å². The second-order valence-corrected chi connectivity index (χ2v) is 7.99. The third-order valence-electron chi connectivity index (χ3n) is 6.29. The Kier molecular flexibility index (Phi) is 6.53. The number of carbonyl (C=O) groups excluding carboxylic acids is 5. The minimum absolute atomic E-state index is 0.102. The molecule has 0 aliphatic carbocycles. The number of Topliss-reactive ketones (excluding diaryl/α,β-unsaturated/α-hetero) is 1. The van der Waals surface area contributed by atoms with Crippen LogP contribution < -0.4 is 0 Å². The molecule has 10 heteroatoms. The number of fused-ring (bicyclic) bond motifs is 2. The fraction of sp³-hybridized carbons (Fsp3) is 0.222. The third-order valence-corrected chi connectivity index (χ3v) is 6.29. The Hall–Kier alpha value is -4.57. The van der Waals surface area contributed by atoms with Crippen LogP contribution in [0, 0.1) is 0 Å². The lowest BCUT2D eigenvalue weighted by Gasteiger charge is -2.40. The van der Waals surface area contributed by atoms with Gasteiger partial charge in [-0.3, -0.25) is 4.79 Å². The van der Waals surface area contributed by atoms with Gasteiger partial charge in [-0.1, -0.05) is 60.7 Å². The molecule has 2 aliphatic rings. The van der Waals surface area contributed by atoms with Crippen molar-refractivity contribution in [3.05, 3.63) is 88.5 Å². The first-order valence-corrected chi connectivity index (χ1v) is 10.9. The fourth-order valence-corrected chi connectivity index (χ4v) is 4.81. The highest BCUT2D eigenvalue weighted by atomic mass is 16.6. The molecule has 0 N–H and O–H groups in total. The van der Waals surface area contributed by atoms with Crippen LogP contribution in [0.25, 0.3) is 5.57 Å². The van der Waals surface area contributed by atoms with Gasteiger partial charge in [0.25, 0.3) is 0 Å². The summed E-state index contributed by atoms with van der Waals surface area (Å²) >= 11 is 0. The van der Waals surface area contributed by atoms with Gasteiger partial charge in [0.2, 0.25) is 11.4 Å². The normalized spacial score (nSPS) is 22.4. The van der Waals surface area contributed by atoms with Crippen molar-refractivity contribution in [1.29, 1.82) is 0 Å². The molecule has 0 aromatic heterocycles. The SMILES string of the molecule is COC(=O)C1=C(c2ccccc2)C(=O)[C@@]2(c3ccccc3)O[C@]1(C(=O)OC)C(C(=O)OC)=C2C(=O)OC. The molecule has 0 saturated heterocycles. The molecular weight excluding hydrogens is 484 g/mol. The second kappa shape index (κ2) is 9.47. The number of hydrogen-bond acceptors (Lipinski definition) is 10. The molecule has 0 fully saturated rings. The van der Waals surface area contributed by atoms with Gasteiger partial charge in [-0.15, -0.1) is 0 Å². The molecule has 2 aromatic carbocycles. The van der Waals surface area contributed by atoms with E-state index in [1.807, 2.05) is 0 Å². The number of hydrogen-bond donors (Lipinski definition) is 0. The van der Waals surface area contributed by atoms with Crippen LogP contribution >= 0.6 is 0 Å². The largest absolute Gasteiger partial charge is 0.466 e. The van der Waals surface area contributed by atoms with E-state index in [9.17, 15) is 24.0 Å². The summed E-state index contributed by atoms with van der Waals surface area (Å²) in [5, 5.41) is 0. The smallest absolute Gasteiger partial charge is 0.348 e. The van der Waals surface area contributed by atoms with Gasteiger partial charge in [0.05, 0.1) is 45.2 Å². The van der Waals surface area contributed by atoms with E-state index in [4.69, 9.17) is 23.7 Å². The van der Waals surface area contributed by atoms with Crippen LogP contribution in [0.3, 0.4) is 0 Å². The summed E-state index contributed by atoms with van der Waals surface area (Å²) in [6.45, 7) is 0. The predicted molar refractivity (Wildman–Crippen MR) is 125 cm³/mol. The van der Waals surface area contributed by atoms with Gasteiger partial charge in [0, 0.05) is 5.57 Å². The summed E-state index contributed by atoms with van der Waals surface area (Å²) < 4.78 is 26.1. The summed E-state index contributed by atoms with van der Waals surface area (Å²) in [6.07, 6.45) is 0. The van der Waals surface area contributed by atoms with Crippen LogP contribution in [0.2, 0.25) is 0 Å². The van der Waals surface area contributed by atoms with Crippen molar-refractivity contribution in [2.24, 2.45) is 0 Å². The van der Waals surface area contributed by atoms with Crippen molar-refractivity contribution in [3.8, 4) is 0 Å². The van der Waals surface area contributed by atoms with Crippen molar-refractivity contribution in [2.45, 2.75) is 11.2 Å². The average Bonchev–Trinajstić information content (AvgIpc) is 3.24. The molecule has 37 heavy (non-hydrogen) atoms. The van der Waals surface area contributed by atoms with E-state index in [1.165, 1.54) is 24.3 Å². The fourth-order valence-electron chi connectivity index (χ4n) is 4.81. The van der Waals surface area contributed by atoms with Crippen molar-refractivity contribution in [3.63, 3.8) is 0 Å². The van der Waals surface area contributed by atoms with Crippen LogP contribution in [0.4, 0.5) is 0 Å². The highest BCUT2D eigenvalue weighted by Crippen LogP contribution is 2.59. The van der Waals surface area contributed by atoms with Crippen molar-refractivity contribution < 1.29 is 47.7 Å². The maximum atomic E-state index is 14.5. The van der Waals surface area contributed by atoms with Crippen molar-refractivity contribution in [2.75, 3.05) is 28.4 Å². The molecule has 0 unspecified atom stereocenters. The molecule has 10 nitrogen and oxygen atoms in total. The van der Waals surface area contributed by atoms with E-state index in [2.05, 4.69) is 0 Å². The number of methoxy groups -OCH3 is 4. The summed E-state index contributed by atoms with van der Waals surface area (Å²) in [6, 6.07) is 15.7. The van der Waals surface area contributed by atoms with Gasteiger partial charge >= 0.3 is 23.9 Å². The Morgan fingerprint density at radius 2 is 1.14 bits per heavy atom. The molecule has 2 bridgehead atoms. The molecule has 0 amide bonds. The number of ether oxygens (including phenoxy) is 5. The molecule has 2 aromatic rings. The van der Waals surface area contributed by atoms with E-state index < -0.39 is 57.6 Å². The lowest BCUT2D eigenvalue weighted by molar-refractivity contribution is -0.179. The quantitative estimate of drug-likeness (QED) is 0.421. The van der Waals surface area contributed by atoms with Crippen LogP contribution in [-0.2, 0) is 53.3 Å². The lowest BCUT2D eigenvalue weighted by Crippen LogP contribution is -2.56. The topological polar surface area (TPSA) is 132 Å². The maximum absolute atomic E-state index is 14.5. The minimum atomic E-state index is -2.71. The summed E-state index contributed by atoms with van der Waals surface area (Å²) in [5.41, 5.74) is -7.06.